The van der Waals surface area contributed by atoms with E-state index in [4.69, 9.17) is 4.74 Å². The maximum absolute atomic E-state index is 12.6. The largest absolute Gasteiger partial charge is 0.385 e. The van der Waals surface area contributed by atoms with Crippen LogP contribution in [0.3, 0.4) is 0 Å². The lowest BCUT2D eigenvalue weighted by Gasteiger charge is -2.06. The number of carbonyl (C=O) groups is 1. The maximum atomic E-state index is 12.6. The van der Waals surface area contributed by atoms with Crippen LogP contribution in [0.5, 0.6) is 0 Å². The van der Waals surface area contributed by atoms with Crippen LogP contribution in [0, 0.1) is 5.92 Å². The van der Waals surface area contributed by atoms with E-state index >= 15 is 0 Å². The van der Waals surface area contributed by atoms with E-state index in [9.17, 15) is 4.79 Å². The normalized spacial score (nSPS) is 12.7. The zero-order chi connectivity index (χ0) is 15.2. The average Bonchev–Trinajstić information content (AvgIpc) is 2.86. The lowest BCUT2D eigenvalue weighted by molar-refractivity contribution is 0.0919. The standard InChI is InChI=1S/C17H24N2O2/c1-4-8-13(2)17(20)16-14-9-5-6-10-15(14)19(18-16)11-7-12-21-3/h5-6,9-10,13H,4,7-8,11-12H2,1-3H3. The second kappa shape index (κ2) is 7.36. The van der Waals surface area contributed by atoms with Crippen LogP contribution in [0.2, 0.25) is 0 Å². The fourth-order valence-electron chi connectivity index (χ4n) is 2.64. The van der Waals surface area contributed by atoms with Crippen LogP contribution in [0.25, 0.3) is 10.9 Å². The minimum Gasteiger partial charge on any atom is -0.385 e. The molecule has 2 aromatic rings. The summed E-state index contributed by atoms with van der Waals surface area (Å²) in [5, 5.41) is 5.54. The quantitative estimate of drug-likeness (QED) is 0.549. The number of nitrogens with zero attached hydrogens (tertiary/aromatic N) is 2. The fourth-order valence-corrected chi connectivity index (χ4v) is 2.64. The van der Waals surface area contributed by atoms with Crippen molar-refractivity contribution in [1.29, 1.82) is 0 Å². The number of carbonyl (C=O) groups excluding carboxylic acids is 1. The van der Waals surface area contributed by atoms with Crippen molar-refractivity contribution in [2.45, 2.75) is 39.7 Å². The summed E-state index contributed by atoms with van der Waals surface area (Å²) >= 11 is 0. The highest BCUT2D eigenvalue weighted by atomic mass is 16.5. The third-order valence-electron chi connectivity index (χ3n) is 3.78. The van der Waals surface area contributed by atoms with Gasteiger partial charge in [-0.1, -0.05) is 38.5 Å². The van der Waals surface area contributed by atoms with Crippen molar-refractivity contribution in [3.63, 3.8) is 0 Å². The lowest BCUT2D eigenvalue weighted by atomic mass is 9.97. The van der Waals surface area contributed by atoms with Crippen LogP contribution < -0.4 is 0 Å². The summed E-state index contributed by atoms with van der Waals surface area (Å²) in [5.41, 5.74) is 1.64. The van der Waals surface area contributed by atoms with E-state index in [0.717, 1.165) is 36.7 Å². The van der Waals surface area contributed by atoms with Crippen LogP contribution in [-0.4, -0.2) is 29.3 Å². The van der Waals surface area contributed by atoms with E-state index in [0.29, 0.717) is 12.3 Å². The molecule has 0 bridgehead atoms. The van der Waals surface area contributed by atoms with Gasteiger partial charge in [-0.3, -0.25) is 9.48 Å². The smallest absolute Gasteiger partial charge is 0.186 e. The molecule has 114 valence electrons. The molecule has 21 heavy (non-hydrogen) atoms. The molecule has 0 amide bonds. The second-order valence-electron chi connectivity index (χ2n) is 5.49. The third-order valence-corrected chi connectivity index (χ3v) is 3.78. The highest BCUT2D eigenvalue weighted by Gasteiger charge is 2.21. The van der Waals surface area contributed by atoms with E-state index in [1.807, 2.05) is 35.9 Å². The Bertz CT molecular complexity index is 604. The summed E-state index contributed by atoms with van der Waals surface area (Å²) in [6.07, 6.45) is 2.81. The minimum atomic E-state index is 0.0285. The van der Waals surface area contributed by atoms with Crippen LogP contribution in [0.1, 0.15) is 43.6 Å². The Morgan fingerprint density at radius 2 is 2.14 bits per heavy atom. The van der Waals surface area contributed by atoms with Gasteiger partial charge in [-0.05, 0) is 18.9 Å². The third kappa shape index (κ3) is 3.50. The summed E-state index contributed by atoms with van der Waals surface area (Å²) in [6.45, 7) is 5.56. The number of hydrogen-bond acceptors (Lipinski definition) is 3. The molecule has 4 heteroatoms. The van der Waals surface area contributed by atoms with Crippen molar-refractivity contribution in [2.75, 3.05) is 13.7 Å². The Kier molecular flexibility index (Phi) is 5.51. The highest BCUT2D eigenvalue weighted by Crippen LogP contribution is 2.22. The fraction of sp³-hybridized carbons (Fsp3) is 0.529. The summed E-state index contributed by atoms with van der Waals surface area (Å²) in [5.74, 6) is 0.180. The first-order valence-corrected chi connectivity index (χ1v) is 7.67. The van der Waals surface area contributed by atoms with E-state index in [-0.39, 0.29) is 11.7 Å². The molecular weight excluding hydrogens is 264 g/mol. The Balaban J connectivity index is 2.33. The topological polar surface area (TPSA) is 44.1 Å². The average molecular weight is 288 g/mol. The molecule has 0 aliphatic carbocycles. The lowest BCUT2D eigenvalue weighted by Crippen LogP contribution is -2.13. The van der Waals surface area contributed by atoms with Gasteiger partial charge in [0.15, 0.2) is 5.78 Å². The monoisotopic (exact) mass is 288 g/mol. The number of aryl methyl sites for hydroxylation is 1. The van der Waals surface area contributed by atoms with Crippen molar-refractivity contribution in [1.82, 2.24) is 9.78 Å². The molecule has 1 aromatic heterocycles. The van der Waals surface area contributed by atoms with Gasteiger partial charge in [0.2, 0.25) is 0 Å². The van der Waals surface area contributed by atoms with Gasteiger partial charge in [-0.2, -0.15) is 5.10 Å². The number of hydrogen-bond donors (Lipinski definition) is 0. The number of para-hydroxylation sites is 1. The molecule has 1 heterocycles. The molecule has 1 aromatic carbocycles. The van der Waals surface area contributed by atoms with Crippen LogP contribution in [-0.2, 0) is 11.3 Å². The Labute approximate surface area is 126 Å². The number of fused-ring (bicyclic) bond motifs is 1. The van der Waals surface area contributed by atoms with Crippen LogP contribution >= 0.6 is 0 Å². The Morgan fingerprint density at radius 3 is 2.86 bits per heavy atom. The molecule has 0 spiro atoms. The van der Waals surface area contributed by atoms with Gasteiger partial charge in [0, 0.05) is 31.6 Å². The minimum absolute atomic E-state index is 0.0285. The summed E-state index contributed by atoms with van der Waals surface area (Å²) in [6, 6.07) is 7.96. The van der Waals surface area contributed by atoms with E-state index in [1.54, 1.807) is 7.11 Å². The van der Waals surface area contributed by atoms with Gasteiger partial charge in [-0.15, -0.1) is 0 Å². The van der Waals surface area contributed by atoms with E-state index < -0.39 is 0 Å². The van der Waals surface area contributed by atoms with Gasteiger partial charge in [0.25, 0.3) is 0 Å². The zero-order valence-electron chi connectivity index (χ0n) is 13.1. The predicted molar refractivity (Wildman–Crippen MR) is 84.6 cm³/mol. The first-order chi connectivity index (χ1) is 10.2. The van der Waals surface area contributed by atoms with Crippen molar-refractivity contribution in [2.24, 2.45) is 5.92 Å². The number of benzene rings is 1. The van der Waals surface area contributed by atoms with Gasteiger partial charge in [0.1, 0.15) is 5.69 Å². The molecule has 0 saturated heterocycles. The number of rotatable bonds is 8. The zero-order valence-corrected chi connectivity index (χ0v) is 13.1. The van der Waals surface area contributed by atoms with Gasteiger partial charge in [-0.25, -0.2) is 0 Å². The molecule has 0 aliphatic rings. The SMILES string of the molecule is CCCC(C)C(=O)c1nn(CCCOC)c2ccccc12. The number of ether oxygens (including phenoxy) is 1. The second-order valence-corrected chi connectivity index (χ2v) is 5.49. The van der Waals surface area contributed by atoms with E-state index in [2.05, 4.69) is 12.0 Å². The molecule has 0 aliphatic heterocycles. The highest BCUT2D eigenvalue weighted by molar-refractivity contribution is 6.06. The Morgan fingerprint density at radius 1 is 1.38 bits per heavy atom. The van der Waals surface area contributed by atoms with Gasteiger partial charge in [0.05, 0.1) is 5.52 Å². The number of methoxy groups -OCH3 is 1. The first kappa shape index (κ1) is 15.7. The predicted octanol–water partition coefficient (Wildman–Crippen LogP) is 3.69. The summed E-state index contributed by atoms with van der Waals surface area (Å²) in [7, 11) is 1.70. The molecule has 0 radical (unpaired) electrons. The maximum Gasteiger partial charge on any atom is 0.186 e. The summed E-state index contributed by atoms with van der Waals surface area (Å²) < 4.78 is 7.02. The van der Waals surface area contributed by atoms with E-state index in [1.165, 1.54) is 0 Å². The number of Topliss-reactive ketones (excluding diaryl/α,β-unsaturated/α-hetero) is 1. The number of aromatic nitrogens is 2. The molecular formula is C17H24N2O2. The molecule has 4 nitrogen and oxygen atoms in total. The first-order valence-electron chi connectivity index (χ1n) is 7.67. The summed E-state index contributed by atoms with van der Waals surface area (Å²) in [4.78, 5) is 12.6. The Hall–Kier alpha value is -1.68. The van der Waals surface area contributed by atoms with Crippen LogP contribution in [0.15, 0.2) is 24.3 Å². The molecule has 2 rings (SSSR count). The van der Waals surface area contributed by atoms with Crippen molar-refractivity contribution in [3.8, 4) is 0 Å². The number of ketones is 1. The van der Waals surface area contributed by atoms with Crippen molar-refractivity contribution >= 4 is 16.7 Å². The molecule has 0 saturated carbocycles. The van der Waals surface area contributed by atoms with Crippen LogP contribution in [0.4, 0.5) is 0 Å². The van der Waals surface area contributed by atoms with Gasteiger partial charge >= 0.3 is 0 Å². The molecule has 1 unspecified atom stereocenters. The van der Waals surface area contributed by atoms with Crippen molar-refractivity contribution < 1.29 is 9.53 Å². The molecule has 1 atom stereocenters. The molecule has 0 N–H and O–H groups in total. The molecule has 0 fully saturated rings. The van der Waals surface area contributed by atoms with Crippen molar-refractivity contribution in [3.05, 3.63) is 30.0 Å². The van der Waals surface area contributed by atoms with Gasteiger partial charge < -0.3 is 4.74 Å².